The Labute approximate surface area is 107 Å². The molecule has 2 nitrogen and oxygen atoms in total. The van der Waals surface area contributed by atoms with Gasteiger partial charge in [-0.25, -0.2) is 0 Å². The second-order valence-corrected chi connectivity index (χ2v) is 3.86. The number of aryl methyl sites for hydroxylation is 2. The van der Waals surface area contributed by atoms with E-state index in [4.69, 9.17) is 0 Å². The van der Waals surface area contributed by atoms with Crippen molar-refractivity contribution in [2.75, 3.05) is 7.05 Å². The summed E-state index contributed by atoms with van der Waals surface area (Å²) in [6.07, 6.45) is 1.04. The van der Waals surface area contributed by atoms with Crippen LogP contribution in [-0.4, -0.2) is 16.9 Å². The average molecular weight is 236 g/mol. The van der Waals surface area contributed by atoms with Crippen molar-refractivity contribution in [3.05, 3.63) is 28.6 Å². The summed E-state index contributed by atoms with van der Waals surface area (Å²) in [5, 5.41) is 0. The topological polar surface area (TPSA) is 16.1 Å². The van der Waals surface area contributed by atoms with Gasteiger partial charge in [0.1, 0.15) is 0 Å². The fourth-order valence-corrected chi connectivity index (χ4v) is 1.99. The fourth-order valence-electron chi connectivity index (χ4n) is 1.99. The molecule has 2 heteroatoms. The highest BCUT2D eigenvalue weighted by Gasteiger charge is 2.18. The Morgan fingerprint density at radius 2 is 1.76 bits per heavy atom. The Balaban J connectivity index is 0.000000581. The van der Waals surface area contributed by atoms with Crippen molar-refractivity contribution in [1.82, 2.24) is 9.88 Å². The molecule has 0 spiro atoms. The number of hydrogen-bond donors (Lipinski definition) is 0. The van der Waals surface area contributed by atoms with Gasteiger partial charge in [0.15, 0.2) is 0 Å². The summed E-state index contributed by atoms with van der Waals surface area (Å²) in [5.74, 6) is 0. The van der Waals surface area contributed by atoms with Gasteiger partial charge in [0.05, 0.1) is 0 Å². The van der Waals surface area contributed by atoms with Crippen LogP contribution in [0.25, 0.3) is 0 Å². The molecule has 1 aliphatic rings. The van der Waals surface area contributed by atoms with Gasteiger partial charge in [0.25, 0.3) is 0 Å². The first kappa shape index (κ1) is 16.1. The Morgan fingerprint density at radius 3 is 2.29 bits per heavy atom. The van der Waals surface area contributed by atoms with Crippen molar-refractivity contribution in [3.8, 4) is 0 Å². The standard InChI is InChI=1S/C11H16N2.2C2H6/c1-4-10-5-9-6-13(3)7-11(9)8(2)12-10;2*1-2/h5H,4,6-7H2,1-3H3;2*1-2H3. The largest absolute Gasteiger partial charge is 0.298 e. The Bertz CT molecular complexity index is 332. The van der Waals surface area contributed by atoms with Crippen LogP contribution >= 0.6 is 0 Å². The predicted octanol–water partition coefficient (Wildman–Crippen LogP) is 3.95. The first-order chi connectivity index (χ1) is 8.20. The molecular weight excluding hydrogens is 208 g/mol. The van der Waals surface area contributed by atoms with E-state index in [0.29, 0.717) is 0 Å². The zero-order valence-electron chi connectivity index (χ0n) is 12.6. The summed E-state index contributed by atoms with van der Waals surface area (Å²) in [7, 11) is 2.16. The molecule has 0 unspecified atom stereocenters. The zero-order chi connectivity index (χ0) is 13.4. The minimum Gasteiger partial charge on any atom is -0.298 e. The van der Waals surface area contributed by atoms with Crippen LogP contribution in [0.4, 0.5) is 0 Å². The summed E-state index contributed by atoms with van der Waals surface area (Å²) >= 11 is 0. The molecule has 1 aromatic rings. The van der Waals surface area contributed by atoms with Crippen LogP contribution in [0.15, 0.2) is 6.07 Å². The molecule has 0 fully saturated rings. The van der Waals surface area contributed by atoms with Gasteiger partial charge in [-0.05, 0) is 37.6 Å². The van der Waals surface area contributed by atoms with Gasteiger partial charge in [0.2, 0.25) is 0 Å². The van der Waals surface area contributed by atoms with E-state index in [0.717, 1.165) is 19.5 Å². The summed E-state index contributed by atoms with van der Waals surface area (Å²) < 4.78 is 0. The summed E-state index contributed by atoms with van der Waals surface area (Å²) in [5.41, 5.74) is 5.37. The van der Waals surface area contributed by atoms with Gasteiger partial charge in [-0.1, -0.05) is 34.6 Å². The molecular formula is C15H28N2. The number of hydrogen-bond acceptors (Lipinski definition) is 2. The van der Waals surface area contributed by atoms with Gasteiger partial charge >= 0.3 is 0 Å². The minimum absolute atomic E-state index is 1.04. The Hall–Kier alpha value is -0.890. The lowest BCUT2D eigenvalue weighted by Gasteiger charge is -2.04. The second kappa shape index (κ2) is 8.24. The summed E-state index contributed by atoms with van der Waals surface area (Å²) in [6.45, 7) is 14.4. The molecule has 1 aromatic heterocycles. The van der Waals surface area contributed by atoms with Crippen LogP contribution in [0.2, 0.25) is 0 Å². The zero-order valence-corrected chi connectivity index (χ0v) is 12.6. The smallest absolute Gasteiger partial charge is 0.0424 e. The lowest BCUT2D eigenvalue weighted by atomic mass is 10.1. The van der Waals surface area contributed by atoms with Crippen molar-refractivity contribution in [1.29, 1.82) is 0 Å². The Kier molecular flexibility index (Phi) is 7.81. The normalized spacial score (nSPS) is 13.1. The molecule has 98 valence electrons. The van der Waals surface area contributed by atoms with E-state index >= 15 is 0 Å². The van der Waals surface area contributed by atoms with E-state index in [2.05, 4.69) is 36.8 Å². The molecule has 0 saturated carbocycles. The maximum Gasteiger partial charge on any atom is 0.0424 e. The molecule has 0 aromatic carbocycles. The highest BCUT2D eigenvalue weighted by Crippen LogP contribution is 2.24. The lowest BCUT2D eigenvalue weighted by Crippen LogP contribution is -2.07. The monoisotopic (exact) mass is 236 g/mol. The maximum absolute atomic E-state index is 4.57. The molecule has 2 rings (SSSR count). The van der Waals surface area contributed by atoms with Crippen molar-refractivity contribution in [3.63, 3.8) is 0 Å². The molecule has 2 heterocycles. The predicted molar refractivity (Wildman–Crippen MR) is 76.2 cm³/mol. The SMILES string of the molecule is CC.CC.CCc1cc2c(c(C)n1)CN(C)C2. The van der Waals surface area contributed by atoms with Crippen LogP contribution < -0.4 is 0 Å². The van der Waals surface area contributed by atoms with Gasteiger partial charge in [0, 0.05) is 24.5 Å². The van der Waals surface area contributed by atoms with Gasteiger partial charge in [-0.3, -0.25) is 9.88 Å². The highest BCUT2D eigenvalue weighted by molar-refractivity contribution is 5.35. The van der Waals surface area contributed by atoms with Crippen LogP contribution in [0.5, 0.6) is 0 Å². The third kappa shape index (κ3) is 4.12. The molecule has 0 bridgehead atoms. The summed E-state index contributed by atoms with van der Waals surface area (Å²) in [6, 6.07) is 2.26. The molecule has 0 aliphatic carbocycles. The molecule has 0 N–H and O–H groups in total. The van der Waals surface area contributed by atoms with E-state index < -0.39 is 0 Å². The van der Waals surface area contributed by atoms with E-state index in [9.17, 15) is 0 Å². The van der Waals surface area contributed by atoms with Crippen LogP contribution in [-0.2, 0) is 19.5 Å². The molecule has 0 amide bonds. The van der Waals surface area contributed by atoms with Crippen molar-refractivity contribution < 1.29 is 0 Å². The second-order valence-electron chi connectivity index (χ2n) is 3.86. The lowest BCUT2D eigenvalue weighted by molar-refractivity contribution is 0.352. The Morgan fingerprint density at radius 1 is 1.18 bits per heavy atom. The molecule has 0 radical (unpaired) electrons. The van der Waals surface area contributed by atoms with Crippen molar-refractivity contribution >= 4 is 0 Å². The van der Waals surface area contributed by atoms with E-state index in [1.54, 1.807) is 0 Å². The molecule has 1 aliphatic heterocycles. The number of nitrogens with zero attached hydrogens (tertiary/aromatic N) is 2. The van der Waals surface area contributed by atoms with Crippen molar-refractivity contribution in [2.24, 2.45) is 0 Å². The quantitative estimate of drug-likeness (QED) is 0.734. The third-order valence-corrected chi connectivity index (χ3v) is 2.71. The van der Waals surface area contributed by atoms with Gasteiger partial charge < -0.3 is 0 Å². The van der Waals surface area contributed by atoms with Gasteiger partial charge in [-0.2, -0.15) is 0 Å². The molecule has 0 atom stereocenters. The average Bonchev–Trinajstić information content (AvgIpc) is 2.75. The fraction of sp³-hybridized carbons (Fsp3) is 0.667. The first-order valence-corrected chi connectivity index (χ1v) is 6.87. The molecule has 17 heavy (non-hydrogen) atoms. The van der Waals surface area contributed by atoms with E-state index in [1.807, 2.05) is 27.7 Å². The maximum atomic E-state index is 4.57. The van der Waals surface area contributed by atoms with E-state index in [-0.39, 0.29) is 0 Å². The number of pyridine rings is 1. The van der Waals surface area contributed by atoms with Crippen LogP contribution in [0, 0.1) is 6.92 Å². The van der Waals surface area contributed by atoms with Crippen LogP contribution in [0.1, 0.15) is 57.1 Å². The number of rotatable bonds is 1. The van der Waals surface area contributed by atoms with Gasteiger partial charge in [-0.15, -0.1) is 0 Å². The first-order valence-electron chi connectivity index (χ1n) is 6.87. The molecule has 0 saturated heterocycles. The van der Waals surface area contributed by atoms with Crippen LogP contribution in [0.3, 0.4) is 0 Å². The van der Waals surface area contributed by atoms with E-state index in [1.165, 1.54) is 22.5 Å². The highest BCUT2D eigenvalue weighted by atomic mass is 15.1. The minimum atomic E-state index is 1.04. The number of fused-ring (bicyclic) bond motifs is 1. The number of aromatic nitrogens is 1. The third-order valence-electron chi connectivity index (χ3n) is 2.71. The summed E-state index contributed by atoms with van der Waals surface area (Å²) in [4.78, 5) is 6.90. The van der Waals surface area contributed by atoms with Crippen molar-refractivity contribution in [2.45, 2.75) is 61.1 Å².